The lowest BCUT2D eigenvalue weighted by molar-refractivity contribution is -0.763. The van der Waals surface area contributed by atoms with Crippen LogP contribution in [0.5, 0.6) is 0 Å². The lowest BCUT2D eigenvalue weighted by Crippen LogP contribution is -2.17. The van der Waals surface area contributed by atoms with Gasteiger partial charge in [0.25, 0.3) is 11.0 Å². The van der Waals surface area contributed by atoms with Gasteiger partial charge in [0.2, 0.25) is 11.1 Å². The van der Waals surface area contributed by atoms with E-state index in [1.807, 2.05) is 19.9 Å². The molecule has 0 saturated heterocycles. The number of hydrogen-bond donors (Lipinski definition) is 2. The zero-order valence-corrected chi connectivity index (χ0v) is 18.6. The van der Waals surface area contributed by atoms with Crippen molar-refractivity contribution in [3.63, 3.8) is 0 Å². The number of aromatic carboxylic acids is 1. The molecule has 0 fully saturated rings. The van der Waals surface area contributed by atoms with Gasteiger partial charge in [0.15, 0.2) is 5.82 Å². The van der Waals surface area contributed by atoms with Crippen LogP contribution in [0.15, 0.2) is 57.7 Å². The van der Waals surface area contributed by atoms with Gasteiger partial charge in [-0.25, -0.2) is 4.79 Å². The smallest absolute Gasteiger partial charge is 0.339 e. The van der Waals surface area contributed by atoms with Crippen molar-refractivity contribution in [2.24, 2.45) is 0 Å². The minimum absolute atomic E-state index is 0.0241. The standard InChI is InChI=1S/C24H19N3O8/c1-12(2)15-7-8-19-16(9-15)20(28)17-10-18(24(30)31)21(26-23(17)35-19)25-22(29)14-5-3-13(4-6-14)11-34-27(32)33/h3-10,12H,11H2,1-2H3,(H,30,31)(H,25,26,29). The fourth-order valence-electron chi connectivity index (χ4n) is 3.48. The number of anilines is 1. The summed E-state index contributed by atoms with van der Waals surface area (Å²) in [6, 6.07) is 12.0. The lowest BCUT2D eigenvalue weighted by Gasteiger charge is -2.11. The highest BCUT2D eigenvalue weighted by Gasteiger charge is 2.20. The van der Waals surface area contributed by atoms with Crippen LogP contribution < -0.4 is 10.7 Å². The van der Waals surface area contributed by atoms with Crippen molar-refractivity contribution >= 4 is 39.8 Å². The Balaban J connectivity index is 1.72. The number of hydrogen-bond acceptors (Lipinski definition) is 8. The molecule has 0 radical (unpaired) electrons. The first-order valence-corrected chi connectivity index (χ1v) is 10.5. The van der Waals surface area contributed by atoms with E-state index < -0.39 is 22.4 Å². The molecule has 0 unspecified atom stereocenters. The van der Waals surface area contributed by atoms with Crippen LogP contribution in [0.3, 0.4) is 0 Å². The number of carboxylic acids is 1. The Morgan fingerprint density at radius 3 is 2.49 bits per heavy atom. The van der Waals surface area contributed by atoms with E-state index in [9.17, 15) is 29.6 Å². The van der Waals surface area contributed by atoms with Crippen LogP contribution in [0.1, 0.15) is 51.6 Å². The molecule has 2 heterocycles. The number of carbonyl (C=O) groups excluding carboxylic acids is 1. The fourth-order valence-corrected chi connectivity index (χ4v) is 3.48. The van der Waals surface area contributed by atoms with E-state index in [2.05, 4.69) is 15.1 Å². The Labute approximate surface area is 197 Å². The van der Waals surface area contributed by atoms with E-state index in [1.165, 1.54) is 24.3 Å². The Bertz CT molecular complexity index is 1540. The first-order chi connectivity index (χ1) is 16.6. The highest BCUT2D eigenvalue weighted by atomic mass is 16.9. The zero-order valence-electron chi connectivity index (χ0n) is 18.6. The molecule has 0 spiro atoms. The predicted octanol–water partition coefficient (Wildman–Crippen LogP) is 4.12. The second-order valence-electron chi connectivity index (χ2n) is 8.03. The average molecular weight is 477 g/mol. The highest BCUT2D eigenvalue weighted by Crippen LogP contribution is 2.25. The van der Waals surface area contributed by atoms with Crippen molar-refractivity contribution in [2.45, 2.75) is 26.4 Å². The van der Waals surface area contributed by atoms with Crippen LogP contribution in [-0.2, 0) is 11.4 Å². The van der Waals surface area contributed by atoms with Crippen LogP contribution in [0.25, 0.3) is 22.1 Å². The first-order valence-electron chi connectivity index (χ1n) is 10.5. The van der Waals surface area contributed by atoms with Crippen molar-refractivity contribution in [1.82, 2.24) is 4.98 Å². The minimum Gasteiger partial charge on any atom is -0.478 e. The van der Waals surface area contributed by atoms with Crippen molar-refractivity contribution in [3.05, 3.63) is 91.1 Å². The average Bonchev–Trinajstić information content (AvgIpc) is 2.82. The molecule has 0 aliphatic carbocycles. The van der Waals surface area contributed by atoms with E-state index >= 15 is 0 Å². The third-order valence-electron chi connectivity index (χ3n) is 5.37. The lowest BCUT2D eigenvalue weighted by atomic mass is 10.0. The van der Waals surface area contributed by atoms with Gasteiger partial charge in [0.05, 0.1) is 10.8 Å². The second-order valence-corrected chi connectivity index (χ2v) is 8.03. The van der Waals surface area contributed by atoms with Gasteiger partial charge in [-0.05, 0) is 47.4 Å². The van der Waals surface area contributed by atoms with E-state index in [0.717, 1.165) is 11.6 Å². The molecule has 0 aliphatic rings. The number of carboxylic acid groups (broad SMARTS) is 1. The topological polar surface area (TPSA) is 162 Å². The summed E-state index contributed by atoms with van der Waals surface area (Å²) in [6.45, 7) is 3.68. The van der Waals surface area contributed by atoms with Crippen molar-refractivity contribution in [1.29, 1.82) is 0 Å². The molecule has 35 heavy (non-hydrogen) atoms. The van der Waals surface area contributed by atoms with E-state index in [4.69, 9.17) is 4.42 Å². The maximum atomic E-state index is 13.1. The molecule has 2 aromatic heterocycles. The molecule has 0 aliphatic heterocycles. The van der Waals surface area contributed by atoms with E-state index in [-0.39, 0.29) is 46.2 Å². The molecule has 178 valence electrons. The number of pyridine rings is 1. The molecule has 11 nitrogen and oxygen atoms in total. The largest absolute Gasteiger partial charge is 0.478 e. The van der Waals surface area contributed by atoms with Crippen molar-refractivity contribution in [2.75, 3.05) is 5.32 Å². The van der Waals surface area contributed by atoms with Crippen LogP contribution in [0.4, 0.5) is 5.82 Å². The predicted molar refractivity (Wildman–Crippen MR) is 125 cm³/mol. The maximum Gasteiger partial charge on any atom is 0.339 e. The van der Waals surface area contributed by atoms with Gasteiger partial charge in [-0.15, -0.1) is 10.1 Å². The number of amides is 1. The Morgan fingerprint density at radius 2 is 1.86 bits per heavy atom. The third kappa shape index (κ3) is 4.78. The molecule has 11 heteroatoms. The fraction of sp³-hybridized carbons (Fsp3) is 0.167. The summed E-state index contributed by atoms with van der Waals surface area (Å²) in [7, 11) is 0. The SMILES string of the molecule is CC(C)c1ccc2oc3nc(NC(=O)c4ccc(CO[N+](=O)[O-])cc4)c(C(=O)O)cc3c(=O)c2c1. The quantitative estimate of drug-likeness (QED) is 0.226. The van der Waals surface area contributed by atoms with Crippen LogP contribution >= 0.6 is 0 Å². The van der Waals surface area contributed by atoms with Crippen molar-refractivity contribution in [3.8, 4) is 0 Å². The summed E-state index contributed by atoms with van der Waals surface area (Å²) in [5.41, 5.74) is 0.893. The molecule has 0 atom stereocenters. The summed E-state index contributed by atoms with van der Waals surface area (Å²) in [6.07, 6.45) is 0. The molecule has 0 saturated carbocycles. The summed E-state index contributed by atoms with van der Waals surface area (Å²) in [5, 5.41) is 21.8. The second kappa shape index (κ2) is 9.21. The number of carbonyl (C=O) groups is 2. The van der Waals surface area contributed by atoms with Crippen LogP contribution in [0.2, 0.25) is 0 Å². The molecular formula is C24H19N3O8. The maximum absolute atomic E-state index is 13.1. The number of rotatable bonds is 7. The summed E-state index contributed by atoms with van der Waals surface area (Å²) >= 11 is 0. The number of nitrogens with zero attached hydrogens (tertiary/aromatic N) is 2. The molecule has 2 aromatic carbocycles. The van der Waals surface area contributed by atoms with Gasteiger partial charge in [0, 0.05) is 5.56 Å². The minimum atomic E-state index is -1.39. The summed E-state index contributed by atoms with van der Waals surface area (Å²) < 4.78 is 5.76. The van der Waals surface area contributed by atoms with Gasteiger partial charge < -0.3 is 19.7 Å². The molecule has 4 rings (SSSR count). The Morgan fingerprint density at radius 1 is 1.14 bits per heavy atom. The highest BCUT2D eigenvalue weighted by molar-refractivity contribution is 6.08. The molecule has 4 aromatic rings. The normalized spacial score (nSPS) is 11.1. The van der Waals surface area contributed by atoms with Gasteiger partial charge >= 0.3 is 5.97 Å². The van der Waals surface area contributed by atoms with Crippen LogP contribution in [0, 0.1) is 10.1 Å². The van der Waals surface area contributed by atoms with Gasteiger partial charge in [-0.2, -0.15) is 4.98 Å². The van der Waals surface area contributed by atoms with E-state index in [0.29, 0.717) is 10.9 Å². The Hall–Kier alpha value is -4.80. The summed E-state index contributed by atoms with van der Waals surface area (Å²) in [5.74, 6) is -2.19. The monoisotopic (exact) mass is 477 g/mol. The first kappa shape index (κ1) is 23.4. The Kier molecular flexibility index (Phi) is 6.15. The molecule has 2 N–H and O–H groups in total. The zero-order chi connectivity index (χ0) is 25.3. The van der Waals surface area contributed by atoms with Crippen LogP contribution in [-0.4, -0.2) is 27.1 Å². The molecular weight excluding hydrogens is 458 g/mol. The third-order valence-corrected chi connectivity index (χ3v) is 5.37. The van der Waals surface area contributed by atoms with Gasteiger partial charge in [0.1, 0.15) is 17.8 Å². The van der Waals surface area contributed by atoms with Crippen molar-refractivity contribution < 1.29 is 29.0 Å². The van der Waals surface area contributed by atoms with E-state index in [1.54, 1.807) is 12.1 Å². The summed E-state index contributed by atoms with van der Waals surface area (Å²) in [4.78, 5) is 56.4. The number of nitrogens with one attached hydrogen (secondary N) is 1. The molecule has 0 bridgehead atoms. The number of aromatic nitrogens is 1. The molecule has 1 amide bonds. The number of benzene rings is 2. The van der Waals surface area contributed by atoms with Gasteiger partial charge in [-0.3, -0.25) is 9.59 Å². The van der Waals surface area contributed by atoms with Gasteiger partial charge in [-0.1, -0.05) is 32.0 Å². The number of fused-ring (bicyclic) bond motifs is 2.